The van der Waals surface area contributed by atoms with Crippen molar-refractivity contribution in [1.82, 2.24) is 0 Å². The highest BCUT2D eigenvalue weighted by Crippen LogP contribution is 2.45. The predicted octanol–water partition coefficient (Wildman–Crippen LogP) is 6.39. The Balaban J connectivity index is 1.71. The zero-order chi connectivity index (χ0) is 28.5. The number of ketones is 1. The van der Waals surface area contributed by atoms with Crippen LogP contribution in [-0.2, 0) is 23.8 Å². The van der Waals surface area contributed by atoms with Crippen molar-refractivity contribution in [3.63, 3.8) is 0 Å². The SMILES string of the molecule is CC1=CCC2CC(CC3(CCC(C)C(C(C)C)O3)O2)OC(=O)C2C=C(C)C(=O)CC2(O)C(C)=CC=CC(C)C1. The first kappa shape index (κ1) is 30.0. The predicted molar refractivity (Wildman–Crippen MR) is 152 cm³/mol. The molecule has 0 radical (unpaired) electrons. The Morgan fingerprint density at radius 2 is 1.82 bits per heavy atom. The van der Waals surface area contributed by atoms with E-state index in [1.54, 1.807) is 19.9 Å². The number of Topliss-reactive ketones (excluding diaryl/α,β-unsaturated/α-hetero) is 1. The topological polar surface area (TPSA) is 82.1 Å². The normalized spacial score (nSPS) is 40.5. The molecule has 2 bridgehead atoms. The van der Waals surface area contributed by atoms with Crippen LogP contribution in [0.25, 0.3) is 0 Å². The van der Waals surface area contributed by atoms with Gasteiger partial charge in [0.15, 0.2) is 11.6 Å². The second kappa shape index (κ2) is 11.8. The number of fused-ring (bicyclic) bond motifs is 3. The molecule has 0 aromatic heterocycles. The molecule has 4 aliphatic rings. The van der Waals surface area contributed by atoms with Crippen LogP contribution in [0, 0.1) is 23.7 Å². The lowest BCUT2D eigenvalue weighted by molar-refractivity contribution is -0.340. The first-order valence-electron chi connectivity index (χ1n) is 14.8. The van der Waals surface area contributed by atoms with Gasteiger partial charge in [0, 0.05) is 25.7 Å². The Labute approximate surface area is 234 Å². The zero-order valence-electron chi connectivity index (χ0n) is 24.9. The van der Waals surface area contributed by atoms with Gasteiger partial charge in [0.25, 0.3) is 0 Å². The molecule has 3 heterocycles. The second-order valence-corrected chi connectivity index (χ2v) is 13.0. The second-order valence-electron chi connectivity index (χ2n) is 13.0. The summed E-state index contributed by atoms with van der Waals surface area (Å²) >= 11 is 0. The lowest BCUT2D eigenvalue weighted by Gasteiger charge is -2.50. The van der Waals surface area contributed by atoms with Crippen LogP contribution < -0.4 is 0 Å². The quantitative estimate of drug-likeness (QED) is 0.307. The minimum Gasteiger partial charge on any atom is -0.462 e. The molecule has 0 amide bonds. The highest BCUT2D eigenvalue weighted by atomic mass is 16.7. The zero-order valence-corrected chi connectivity index (χ0v) is 24.9. The largest absolute Gasteiger partial charge is 0.462 e. The Kier molecular flexibility index (Phi) is 9.09. The van der Waals surface area contributed by atoms with E-state index < -0.39 is 29.4 Å². The minimum absolute atomic E-state index is 0.0736. The Morgan fingerprint density at radius 1 is 1.08 bits per heavy atom. The summed E-state index contributed by atoms with van der Waals surface area (Å²) < 4.78 is 19.6. The van der Waals surface area contributed by atoms with Crippen molar-refractivity contribution in [2.24, 2.45) is 23.7 Å². The molecular formula is C33H48O6. The van der Waals surface area contributed by atoms with Crippen LogP contribution >= 0.6 is 0 Å². The lowest BCUT2D eigenvalue weighted by atomic mass is 9.72. The number of esters is 1. The number of hydrogen-bond donors (Lipinski definition) is 1. The Hall–Kier alpha value is -2.02. The van der Waals surface area contributed by atoms with Crippen molar-refractivity contribution in [2.45, 2.75) is 123 Å². The molecule has 39 heavy (non-hydrogen) atoms. The Bertz CT molecular complexity index is 1070. The van der Waals surface area contributed by atoms with E-state index in [0.717, 1.165) is 25.7 Å². The van der Waals surface area contributed by atoms with Gasteiger partial charge in [0.1, 0.15) is 17.6 Å². The van der Waals surface area contributed by atoms with Crippen LogP contribution in [-0.4, -0.2) is 46.6 Å². The Morgan fingerprint density at radius 3 is 2.54 bits per heavy atom. The van der Waals surface area contributed by atoms with E-state index >= 15 is 0 Å². The molecule has 8 unspecified atom stereocenters. The lowest BCUT2D eigenvalue weighted by Crippen LogP contribution is -2.55. The summed E-state index contributed by atoms with van der Waals surface area (Å²) in [6.07, 6.45) is 13.5. The molecule has 2 saturated heterocycles. The first-order valence-corrected chi connectivity index (χ1v) is 14.8. The summed E-state index contributed by atoms with van der Waals surface area (Å²) in [6, 6.07) is 0. The van der Waals surface area contributed by atoms with Crippen LogP contribution in [0.4, 0.5) is 0 Å². The molecule has 6 nitrogen and oxygen atoms in total. The van der Waals surface area contributed by atoms with Gasteiger partial charge in [-0.2, -0.15) is 0 Å². The molecule has 8 atom stereocenters. The molecule has 1 N–H and O–H groups in total. The van der Waals surface area contributed by atoms with Gasteiger partial charge >= 0.3 is 5.97 Å². The molecule has 0 saturated carbocycles. The van der Waals surface area contributed by atoms with Gasteiger partial charge in [-0.05, 0) is 68.9 Å². The summed E-state index contributed by atoms with van der Waals surface area (Å²) in [7, 11) is 0. The van der Waals surface area contributed by atoms with Crippen LogP contribution in [0.5, 0.6) is 0 Å². The van der Waals surface area contributed by atoms with Gasteiger partial charge in [-0.25, -0.2) is 0 Å². The maximum atomic E-state index is 13.8. The van der Waals surface area contributed by atoms with Crippen LogP contribution in [0.15, 0.2) is 47.1 Å². The maximum absolute atomic E-state index is 13.8. The van der Waals surface area contributed by atoms with Crippen molar-refractivity contribution >= 4 is 11.8 Å². The molecular weight excluding hydrogens is 492 g/mol. The molecule has 216 valence electrons. The average Bonchev–Trinajstić information content (AvgIpc) is 2.85. The van der Waals surface area contributed by atoms with E-state index in [1.807, 2.05) is 12.2 Å². The maximum Gasteiger partial charge on any atom is 0.316 e. The third-order valence-corrected chi connectivity index (χ3v) is 9.17. The van der Waals surface area contributed by atoms with E-state index in [-0.39, 0.29) is 24.4 Å². The molecule has 1 aliphatic carbocycles. The summed E-state index contributed by atoms with van der Waals surface area (Å²) in [5.41, 5.74) is 0.720. The highest BCUT2D eigenvalue weighted by molar-refractivity contribution is 5.99. The number of rotatable bonds is 1. The van der Waals surface area contributed by atoms with Crippen LogP contribution in [0.3, 0.4) is 0 Å². The minimum atomic E-state index is -1.63. The fraction of sp³-hybridized carbons (Fsp3) is 0.697. The molecule has 0 aromatic carbocycles. The smallest absolute Gasteiger partial charge is 0.316 e. The van der Waals surface area contributed by atoms with E-state index in [4.69, 9.17) is 14.2 Å². The number of aliphatic hydroxyl groups is 1. The van der Waals surface area contributed by atoms with E-state index in [1.165, 1.54) is 5.57 Å². The van der Waals surface area contributed by atoms with Crippen molar-refractivity contribution in [3.05, 3.63) is 47.1 Å². The van der Waals surface area contributed by atoms with Crippen LogP contribution in [0.2, 0.25) is 0 Å². The molecule has 6 heteroatoms. The van der Waals surface area contributed by atoms with Gasteiger partial charge in [-0.1, -0.05) is 63.6 Å². The fourth-order valence-electron chi connectivity index (χ4n) is 6.81. The monoisotopic (exact) mass is 540 g/mol. The summed E-state index contributed by atoms with van der Waals surface area (Å²) in [4.78, 5) is 26.4. The van der Waals surface area contributed by atoms with Crippen molar-refractivity contribution in [2.75, 3.05) is 0 Å². The third-order valence-electron chi connectivity index (χ3n) is 9.17. The van der Waals surface area contributed by atoms with Gasteiger partial charge in [0.05, 0.1) is 12.2 Å². The molecule has 0 aromatic rings. The van der Waals surface area contributed by atoms with Gasteiger partial charge in [-0.15, -0.1) is 0 Å². The van der Waals surface area contributed by atoms with Gasteiger partial charge in [-0.3, -0.25) is 9.59 Å². The average molecular weight is 541 g/mol. The van der Waals surface area contributed by atoms with E-state index in [0.29, 0.717) is 41.7 Å². The summed E-state index contributed by atoms with van der Waals surface area (Å²) in [5.74, 6) is -1.33. The first-order chi connectivity index (χ1) is 18.3. The fourth-order valence-corrected chi connectivity index (χ4v) is 6.81. The van der Waals surface area contributed by atoms with Crippen molar-refractivity contribution in [3.8, 4) is 0 Å². The highest BCUT2D eigenvalue weighted by Gasteiger charge is 2.51. The number of ether oxygens (including phenoxy) is 3. The molecule has 1 spiro atoms. The molecule has 3 aliphatic heterocycles. The van der Waals surface area contributed by atoms with Crippen molar-refractivity contribution in [1.29, 1.82) is 0 Å². The summed E-state index contributed by atoms with van der Waals surface area (Å²) in [6.45, 7) is 14.4. The standard InChI is InChI=1S/C33H48O6/c1-20(2)30-23(5)13-14-32(39-30)18-27-17-26(38-32)12-11-22(4)15-21(3)9-8-10-25(7)33(36)19-29(34)24(6)16-28(33)31(35)37-27/h8-11,16,20-21,23,26-28,30,36H,12-15,17-19H2,1-7H3. The molecule has 4 rings (SSSR count). The summed E-state index contributed by atoms with van der Waals surface area (Å²) in [5, 5.41) is 11.8. The number of allylic oxidation sites excluding steroid dienone is 5. The molecule has 2 fully saturated rings. The van der Waals surface area contributed by atoms with E-state index in [2.05, 4.69) is 46.8 Å². The number of hydrogen-bond acceptors (Lipinski definition) is 6. The van der Waals surface area contributed by atoms with Crippen LogP contribution in [0.1, 0.15) is 93.4 Å². The van der Waals surface area contributed by atoms with Gasteiger partial charge < -0.3 is 19.3 Å². The third kappa shape index (κ3) is 6.66. The van der Waals surface area contributed by atoms with E-state index in [9.17, 15) is 14.7 Å². The number of carbonyl (C=O) groups is 2. The van der Waals surface area contributed by atoms with Gasteiger partial charge in [0.2, 0.25) is 0 Å². The number of carbonyl (C=O) groups excluding carboxylic acids is 2. The van der Waals surface area contributed by atoms with Crippen molar-refractivity contribution < 1.29 is 28.9 Å².